The van der Waals surface area contributed by atoms with Crippen LogP contribution in [0.1, 0.15) is 41.3 Å². The van der Waals surface area contributed by atoms with E-state index in [4.69, 9.17) is 4.74 Å². The second kappa shape index (κ2) is 9.85. The molecule has 10 nitrogen and oxygen atoms in total. The molecule has 37 heavy (non-hydrogen) atoms. The normalized spacial score (nSPS) is 21.5. The van der Waals surface area contributed by atoms with Gasteiger partial charge in [-0.05, 0) is 56.0 Å². The number of rotatable bonds is 5. The van der Waals surface area contributed by atoms with Gasteiger partial charge in [-0.15, -0.1) is 0 Å². The lowest BCUT2D eigenvalue weighted by atomic mass is 10.1. The summed E-state index contributed by atoms with van der Waals surface area (Å²) in [6.45, 7) is 8.88. The number of hydrogen-bond acceptors (Lipinski definition) is 7. The van der Waals surface area contributed by atoms with Crippen molar-refractivity contribution in [1.82, 2.24) is 9.88 Å². The van der Waals surface area contributed by atoms with Crippen LogP contribution >= 0.6 is 0 Å². The monoisotopic (exact) mass is 527 g/mol. The van der Waals surface area contributed by atoms with Crippen molar-refractivity contribution < 1.29 is 22.7 Å². The molecule has 3 aliphatic rings. The Morgan fingerprint density at radius 3 is 2.51 bits per heavy atom. The minimum Gasteiger partial charge on any atom is -0.447 e. The highest BCUT2D eigenvalue weighted by atomic mass is 32.2. The smallest absolute Gasteiger partial charge is 0.414 e. The van der Waals surface area contributed by atoms with Gasteiger partial charge in [-0.2, -0.15) is 0 Å². The first-order valence-corrected chi connectivity index (χ1v) is 14.4. The molecule has 198 valence electrons. The van der Waals surface area contributed by atoms with Crippen LogP contribution in [-0.4, -0.2) is 81.4 Å². The SMILES string of the molecule is CC[C@@H]1COC(=O)N1c1ccc(C(=O)N2CCN(c3ncc(C)cc3C)CC2)c(N2CCCS2(=O)=O)c1. The molecule has 1 aromatic heterocycles. The van der Waals surface area contributed by atoms with Crippen molar-refractivity contribution in [3.63, 3.8) is 0 Å². The van der Waals surface area contributed by atoms with Gasteiger partial charge >= 0.3 is 6.09 Å². The summed E-state index contributed by atoms with van der Waals surface area (Å²) in [5, 5.41) is 0. The van der Waals surface area contributed by atoms with Crippen molar-refractivity contribution in [2.24, 2.45) is 0 Å². The van der Waals surface area contributed by atoms with E-state index in [9.17, 15) is 18.0 Å². The highest BCUT2D eigenvalue weighted by Gasteiger charge is 2.37. The van der Waals surface area contributed by atoms with Crippen molar-refractivity contribution in [1.29, 1.82) is 0 Å². The van der Waals surface area contributed by atoms with E-state index in [-0.39, 0.29) is 24.3 Å². The maximum Gasteiger partial charge on any atom is 0.414 e. The van der Waals surface area contributed by atoms with Gasteiger partial charge in [0.25, 0.3) is 5.91 Å². The molecular formula is C26H33N5O5S. The highest BCUT2D eigenvalue weighted by molar-refractivity contribution is 7.93. The van der Waals surface area contributed by atoms with E-state index >= 15 is 0 Å². The van der Waals surface area contributed by atoms with Gasteiger partial charge in [-0.1, -0.05) is 13.0 Å². The molecule has 3 saturated heterocycles. The molecule has 0 radical (unpaired) electrons. The third-order valence-electron chi connectivity index (χ3n) is 7.34. The molecule has 3 aliphatic heterocycles. The largest absolute Gasteiger partial charge is 0.447 e. The molecule has 0 N–H and O–H groups in total. The Morgan fingerprint density at radius 2 is 1.86 bits per heavy atom. The number of anilines is 3. The molecule has 0 unspecified atom stereocenters. The predicted molar refractivity (Wildman–Crippen MR) is 142 cm³/mol. The van der Waals surface area contributed by atoms with E-state index in [2.05, 4.69) is 16.0 Å². The van der Waals surface area contributed by atoms with Crippen molar-refractivity contribution in [2.45, 2.75) is 39.7 Å². The number of benzene rings is 1. The first-order chi connectivity index (χ1) is 17.7. The summed E-state index contributed by atoms with van der Waals surface area (Å²) in [6.07, 6.45) is 2.58. The van der Waals surface area contributed by atoms with E-state index < -0.39 is 16.1 Å². The molecule has 11 heteroatoms. The Kier molecular flexibility index (Phi) is 6.74. The molecule has 5 rings (SSSR count). The highest BCUT2D eigenvalue weighted by Crippen LogP contribution is 2.35. The van der Waals surface area contributed by atoms with E-state index in [0.717, 1.165) is 16.9 Å². The summed E-state index contributed by atoms with van der Waals surface area (Å²) >= 11 is 0. The number of nitrogens with zero attached hydrogens (tertiary/aromatic N) is 5. The van der Waals surface area contributed by atoms with Gasteiger partial charge in [0.2, 0.25) is 10.0 Å². The summed E-state index contributed by atoms with van der Waals surface area (Å²) in [4.78, 5) is 36.3. The van der Waals surface area contributed by atoms with Crippen LogP contribution in [0, 0.1) is 13.8 Å². The van der Waals surface area contributed by atoms with Crippen LogP contribution < -0.4 is 14.1 Å². The number of cyclic esters (lactones) is 1. The van der Waals surface area contributed by atoms with E-state index in [1.54, 1.807) is 28.0 Å². The van der Waals surface area contributed by atoms with Crippen LogP contribution in [0.15, 0.2) is 30.5 Å². The van der Waals surface area contributed by atoms with Crippen LogP contribution in [0.2, 0.25) is 0 Å². The van der Waals surface area contributed by atoms with Crippen molar-refractivity contribution in [2.75, 3.05) is 59.2 Å². The number of carbonyl (C=O) groups excluding carboxylic acids is 2. The standard InChI is InChI=1S/C26H33N5O5S/c1-4-20-17-36-26(33)31(20)21-6-7-22(23(15-21)30-8-5-13-37(30,34)35)25(32)29-11-9-28(10-12-29)24-19(3)14-18(2)16-27-24/h6-7,14-16,20H,4-5,8-13,17H2,1-3H3/t20-/m1/s1. The Balaban J connectivity index is 1.42. The van der Waals surface area contributed by atoms with Crippen LogP contribution in [0.3, 0.4) is 0 Å². The summed E-state index contributed by atoms with van der Waals surface area (Å²) < 4.78 is 32.3. The van der Waals surface area contributed by atoms with Gasteiger partial charge < -0.3 is 14.5 Å². The van der Waals surface area contributed by atoms with Crippen LogP contribution in [0.4, 0.5) is 22.0 Å². The first kappa shape index (κ1) is 25.3. The fourth-order valence-electron chi connectivity index (χ4n) is 5.38. The lowest BCUT2D eigenvalue weighted by Crippen LogP contribution is -2.49. The Hall–Kier alpha value is -3.34. The maximum atomic E-state index is 13.7. The van der Waals surface area contributed by atoms with E-state index in [0.29, 0.717) is 62.5 Å². The molecule has 2 amide bonds. The average Bonchev–Trinajstić information content (AvgIpc) is 3.44. The molecule has 4 heterocycles. The molecular weight excluding hydrogens is 494 g/mol. The lowest BCUT2D eigenvalue weighted by molar-refractivity contribution is 0.0747. The quantitative estimate of drug-likeness (QED) is 0.589. The Labute approximate surface area is 217 Å². The number of amides is 2. The van der Waals surface area contributed by atoms with E-state index in [1.807, 2.05) is 27.0 Å². The Bertz CT molecular complexity index is 1320. The van der Waals surface area contributed by atoms with Crippen molar-refractivity contribution in [3.8, 4) is 0 Å². The molecule has 1 aromatic carbocycles. The maximum absolute atomic E-state index is 13.7. The third kappa shape index (κ3) is 4.72. The zero-order valence-electron chi connectivity index (χ0n) is 21.5. The minimum absolute atomic E-state index is 0.0375. The molecule has 1 atom stereocenters. The van der Waals surface area contributed by atoms with Gasteiger partial charge in [0.05, 0.1) is 23.0 Å². The molecule has 0 saturated carbocycles. The fraction of sp³-hybridized carbons (Fsp3) is 0.500. The second-order valence-electron chi connectivity index (χ2n) is 9.88. The minimum atomic E-state index is -3.54. The fourth-order valence-corrected chi connectivity index (χ4v) is 6.95. The number of hydrogen-bond donors (Lipinski definition) is 0. The number of ether oxygens (including phenoxy) is 1. The molecule has 0 spiro atoms. The summed E-state index contributed by atoms with van der Waals surface area (Å²) in [7, 11) is -3.54. The van der Waals surface area contributed by atoms with Gasteiger partial charge in [0.15, 0.2) is 0 Å². The average molecular weight is 528 g/mol. The zero-order chi connectivity index (χ0) is 26.3. The summed E-state index contributed by atoms with van der Waals surface area (Å²) in [5.74, 6) is 0.747. The lowest BCUT2D eigenvalue weighted by Gasteiger charge is -2.36. The number of carbonyl (C=O) groups is 2. The summed E-state index contributed by atoms with van der Waals surface area (Å²) in [6, 6.07) is 6.98. The third-order valence-corrected chi connectivity index (χ3v) is 9.20. The van der Waals surface area contributed by atoms with E-state index in [1.165, 1.54) is 4.31 Å². The number of piperazine rings is 1. The van der Waals surface area contributed by atoms with Gasteiger partial charge in [0.1, 0.15) is 12.4 Å². The molecule has 0 bridgehead atoms. The van der Waals surface area contributed by atoms with Crippen molar-refractivity contribution >= 4 is 39.2 Å². The van der Waals surface area contributed by atoms with Crippen LogP contribution in [-0.2, 0) is 14.8 Å². The molecule has 2 aromatic rings. The summed E-state index contributed by atoms with van der Waals surface area (Å²) in [5.41, 5.74) is 3.40. The number of aromatic nitrogens is 1. The topological polar surface area (TPSA) is 103 Å². The number of aryl methyl sites for hydroxylation is 2. The Morgan fingerprint density at radius 1 is 1.11 bits per heavy atom. The van der Waals surface area contributed by atoms with Gasteiger partial charge in [-0.25, -0.2) is 18.2 Å². The van der Waals surface area contributed by atoms with Gasteiger partial charge in [-0.3, -0.25) is 14.0 Å². The zero-order valence-corrected chi connectivity index (χ0v) is 22.3. The van der Waals surface area contributed by atoms with Crippen LogP contribution in [0.5, 0.6) is 0 Å². The predicted octanol–water partition coefficient (Wildman–Crippen LogP) is 2.94. The molecule has 3 fully saturated rings. The van der Waals surface area contributed by atoms with Crippen LogP contribution in [0.25, 0.3) is 0 Å². The first-order valence-electron chi connectivity index (χ1n) is 12.8. The number of pyridine rings is 1. The number of sulfonamides is 1. The second-order valence-corrected chi connectivity index (χ2v) is 11.9. The van der Waals surface area contributed by atoms with Gasteiger partial charge in [0, 0.05) is 44.6 Å². The van der Waals surface area contributed by atoms with Crippen molar-refractivity contribution in [3.05, 3.63) is 47.2 Å². The molecule has 0 aliphatic carbocycles.